The van der Waals surface area contributed by atoms with Crippen molar-refractivity contribution < 1.29 is 10.3 Å². The minimum Gasteiger partial charge on any atom is -0.412 e. The molecule has 0 saturated carbocycles. The van der Waals surface area contributed by atoms with Crippen LogP contribution in [0.25, 0.3) is 0 Å². The van der Waals surface area contributed by atoms with Crippen LogP contribution < -0.4 is 5.32 Å². The van der Waals surface area contributed by atoms with Crippen LogP contribution in [-0.4, -0.2) is 11.9 Å². The van der Waals surface area contributed by atoms with Crippen molar-refractivity contribution in [1.29, 1.82) is 0 Å². The lowest BCUT2D eigenvalue weighted by Crippen LogP contribution is -1.96. The molecule has 0 unspecified atom stereocenters. The highest BCUT2D eigenvalue weighted by Gasteiger charge is 1.50. The SMILES string of the molecule is C=CNC=O.O. The Morgan fingerprint density at radius 2 is 2.17 bits per heavy atom. The van der Waals surface area contributed by atoms with E-state index in [0.717, 1.165) is 0 Å². The van der Waals surface area contributed by atoms with Crippen LogP contribution in [0.1, 0.15) is 0 Å². The molecule has 6 heavy (non-hydrogen) atoms. The second-order valence-electron chi connectivity index (χ2n) is 0.489. The molecule has 0 heterocycles. The summed E-state index contributed by atoms with van der Waals surface area (Å²) >= 11 is 0. The molecule has 0 saturated heterocycles. The summed E-state index contributed by atoms with van der Waals surface area (Å²) in [6.45, 7) is 3.21. The van der Waals surface area contributed by atoms with Crippen LogP contribution in [0.4, 0.5) is 0 Å². The van der Waals surface area contributed by atoms with Crippen molar-refractivity contribution in [1.82, 2.24) is 5.32 Å². The summed E-state index contributed by atoms with van der Waals surface area (Å²) in [6, 6.07) is 0. The quantitative estimate of drug-likeness (QED) is 0.436. The van der Waals surface area contributed by atoms with Gasteiger partial charge in [0.15, 0.2) is 0 Å². The molecule has 0 spiro atoms. The second kappa shape index (κ2) is 8.90. The van der Waals surface area contributed by atoms with Gasteiger partial charge in [0.1, 0.15) is 0 Å². The molecule has 36 valence electrons. The highest BCUT2D eigenvalue weighted by molar-refractivity contribution is 5.47. The van der Waals surface area contributed by atoms with Crippen LogP contribution in [0, 0.1) is 0 Å². The Bertz CT molecular complexity index is 38.1. The van der Waals surface area contributed by atoms with Gasteiger partial charge in [-0.1, -0.05) is 6.58 Å². The third kappa shape index (κ3) is 10.9. The van der Waals surface area contributed by atoms with Crippen molar-refractivity contribution in [2.75, 3.05) is 0 Å². The van der Waals surface area contributed by atoms with Crippen LogP contribution >= 0.6 is 0 Å². The van der Waals surface area contributed by atoms with E-state index in [0.29, 0.717) is 6.41 Å². The molecule has 0 fully saturated rings. The Kier molecular flexibility index (Phi) is 13.3. The second-order valence-corrected chi connectivity index (χ2v) is 0.489. The van der Waals surface area contributed by atoms with Gasteiger partial charge >= 0.3 is 0 Å². The average molecular weight is 89.1 g/mol. The van der Waals surface area contributed by atoms with E-state index in [9.17, 15) is 4.79 Å². The third-order valence-electron chi connectivity index (χ3n) is 0.186. The molecule has 3 N–H and O–H groups in total. The summed E-state index contributed by atoms with van der Waals surface area (Å²) in [5, 5.41) is 2.19. The van der Waals surface area contributed by atoms with Gasteiger partial charge in [-0.3, -0.25) is 4.79 Å². The molecule has 0 aromatic rings. The smallest absolute Gasteiger partial charge is 0.211 e. The maximum atomic E-state index is 9.22. The number of hydrogen-bond acceptors (Lipinski definition) is 1. The molecule has 0 atom stereocenters. The number of carbonyl (C=O) groups excluding carboxylic acids is 1. The van der Waals surface area contributed by atoms with Gasteiger partial charge in [-0.2, -0.15) is 0 Å². The van der Waals surface area contributed by atoms with Crippen molar-refractivity contribution in [3.63, 3.8) is 0 Å². The molecular formula is C3H7NO2. The summed E-state index contributed by atoms with van der Waals surface area (Å²) in [4.78, 5) is 9.22. The lowest BCUT2D eigenvalue weighted by Gasteiger charge is -1.70. The van der Waals surface area contributed by atoms with Gasteiger partial charge in [-0.15, -0.1) is 0 Å². The molecule has 0 aliphatic heterocycles. The van der Waals surface area contributed by atoms with Gasteiger partial charge in [0.25, 0.3) is 0 Å². The predicted octanol–water partition coefficient (Wildman–Crippen LogP) is -0.949. The van der Waals surface area contributed by atoms with Crippen LogP contribution in [0.3, 0.4) is 0 Å². The molecule has 0 aliphatic rings. The molecule has 0 aromatic heterocycles. The van der Waals surface area contributed by atoms with E-state index in [2.05, 4.69) is 11.9 Å². The van der Waals surface area contributed by atoms with Gasteiger partial charge in [0.2, 0.25) is 6.41 Å². The van der Waals surface area contributed by atoms with Crippen LogP contribution in [-0.2, 0) is 4.79 Å². The zero-order valence-corrected chi connectivity index (χ0v) is 3.27. The predicted molar refractivity (Wildman–Crippen MR) is 23.0 cm³/mol. The first kappa shape index (κ1) is 8.95. The normalized spacial score (nSPS) is 4.67. The fourth-order valence-electron chi connectivity index (χ4n) is 0.0481. The summed E-state index contributed by atoms with van der Waals surface area (Å²) in [6.07, 6.45) is 1.88. The molecular weight excluding hydrogens is 82.0 g/mol. The largest absolute Gasteiger partial charge is 0.412 e. The van der Waals surface area contributed by atoms with Gasteiger partial charge in [-0.25, -0.2) is 0 Å². The minimum atomic E-state index is 0. The molecule has 0 rings (SSSR count). The fraction of sp³-hybridized carbons (Fsp3) is 0. The summed E-state index contributed by atoms with van der Waals surface area (Å²) < 4.78 is 0. The number of nitrogens with one attached hydrogen (secondary N) is 1. The molecule has 1 amide bonds. The van der Waals surface area contributed by atoms with Crippen molar-refractivity contribution in [2.45, 2.75) is 0 Å². The van der Waals surface area contributed by atoms with Crippen molar-refractivity contribution in [3.8, 4) is 0 Å². The van der Waals surface area contributed by atoms with Gasteiger partial charge < -0.3 is 10.8 Å². The Morgan fingerprint density at radius 1 is 1.67 bits per heavy atom. The number of amides is 1. The van der Waals surface area contributed by atoms with Crippen LogP contribution in [0.2, 0.25) is 0 Å². The third-order valence-corrected chi connectivity index (χ3v) is 0.186. The van der Waals surface area contributed by atoms with E-state index in [1.807, 2.05) is 0 Å². The number of rotatable bonds is 2. The first-order valence-electron chi connectivity index (χ1n) is 1.22. The van der Waals surface area contributed by atoms with Gasteiger partial charge in [0, 0.05) is 0 Å². The maximum Gasteiger partial charge on any atom is 0.211 e. The van der Waals surface area contributed by atoms with Crippen LogP contribution in [0.5, 0.6) is 0 Å². The molecule has 0 bridgehead atoms. The fourth-order valence-corrected chi connectivity index (χ4v) is 0.0481. The number of carbonyl (C=O) groups is 1. The molecule has 0 aromatic carbocycles. The zero-order chi connectivity index (χ0) is 4.12. The summed E-state index contributed by atoms with van der Waals surface area (Å²) in [5.74, 6) is 0. The maximum absolute atomic E-state index is 9.22. The van der Waals surface area contributed by atoms with E-state index in [1.165, 1.54) is 6.20 Å². The van der Waals surface area contributed by atoms with E-state index in [-0.39, 0.29) is 5.48 Å². The Hall–Kier alpha value is -0.830. The first-order chi connectivity index (χ1) is 2.41. The zero-order valence-electron chi connectivity index (χ0n) is 3.27. The average Bonchev–Trinajstić information content (AvgIpc) is 1.41. The van der Waals surface area contributed by atoms with Crippen molar-refractivity contribution in [2.24, 2.45) is 0 Å². The molecule has 3 nitrogen and oxygen atoms in total. The van der Waals surface area contributed by atoms with Gasteiger partial charge in [0.05, 0.1) is 0 Å². The topological polar surface area (TPSA) is 60.6 Å². The molecule has 0 aliphatic carbocycles. The first-order valence-corrected chi connectivity index (χ1v) is 1.22. The molecule has 0 radical (unpaired) electrons. The summed E-state index contributed by atoms with van der Waals surface area (Å²) in [5.41, 5.74) is 0. The highest BCUT2D eigenvalue weighted by Crippen LogP contribution is 1.35. The Balaban J connectivity index is 0. The standard InChI is InChI=1S/C3H5NO.H2O/c1-2-4-3-5;/h2-3H,1H2,(H,4,5);1H2. The van der Waals surface area contributed by atoms with E-state index in [1.54, 1.807) is 0 Å². The summed E-state index contributed by atoms with van der Waals surface area (Å²) in [7, 11) is 0. The highest BCUT2D eigenvalue weighted by atomic mass is 16.1. The Morgan fingerprint density at radius 3 is 2.17 bits per heavy atom. The van der Waals surface area contributed by atoms with Crippen molar-refractivity contribution >= 4 is 6.41 Å². The lowest BCUT2D eigenvalue weighted by molar-refractivity contribution is -0.108. The van der Waals surface area contributed by atoms with Crippen LogP contribution in [0.15, 0.2) is 12.8 Å². The monoisotopic (exact) mass is 89.0 g/mol. The van der Waals surface area contributed by atoms with Gasteiger partial charge in [-0.05, 0) is 6.20 Å². The van der Waals surface area contributed by atoms with E-state index >= 15 is 0 Å². The minimum absolute atomic E-state index is 0. The molecule has 3 heteroatoms. The van der Waals surface area contributed by atoms with E-state index < -0.39 is 0 Å². The van der Waals surface area contributed by atoms with E-state index in [4.69, 9.17) is 0 Å². The lowest BCUT2D eigenvalue weighted by atomic mass is 11.0. The Labute approximate surface area is 36.0 Å². The number of hydrogen-bond donors (Lipinski definition) is 1. The van der Waals surface area contributed by atoms with Crippen molar-refractivity contribution in [3.05, 3.63) is 12.8 Å².